The van der Waals surface area contributed by atoms with Crippen LogP contribution >= 0.6 is 0 Å². The summed E-state index contributed by atoms with van der Waals surface area (Å²) in [7, 11) is 0. The molecule has 0 unspecified atom stereocenters. The summed E-state index contributed by atoms with van der Waals surface area (Å²) in [5, 5.41) is 12.0. The van der Waals surface area contributed by atoms with Crippen molar-refractivity contribution in [3.63, 3.8) is 0 Å². The van der Waals surface area contributed by atoms with Gasteiger partial charge < -0.3 is 31.9 Å². The highest BCUT2D eigenvalue weighted by atomic mass is 16.2. The summed E-state index contributed by atoms with van der Waals surface area (Å²) in [6.07, 6.45) is 5.35. The molecule has 0 atom stereocenters. The number of likely N-dealkylation sites (tertiary alicyclic amines) is 1. The van der Waals surface area contributed by atoms with Gasteiger partial charge in [-0.1, -0.05) is 42.8 Å². The SMILES string of the molecule is Nc1ccc(CNC(=O)Nc2ccc(-c3ccc(C(=O)NCCN4CCCCC4)c(Nc4ccccc4)n3)cc2)cn1. The Labute approximate surface area is 245 Å². The first-order valence-electron chi connectivity index (χ1n) is 14.2. The molecule has 5 rings (SSSR count). The summed E-state index contributed by atoms with van der Waals surface area (Å²) < 4.78 is 0. The van der Waals surface area contributed by atoms with Crippen LogP contribution in [0.1, 0.15) is 35.2 Å². The zero-order chi connectivity index (χ0) is 29.1. The number of pyridine rings is 2. The van der Waals surface area contributed by atoms with Gasteiger partial charge in [0.15, 0.2) is 0 Å². The third-order valence-corrected chi connectivity index (χ3v) is 7.08. The number of para-hydroxylation sites is 1. The van der Waals surface area contributed by atoms with Gasteiger partial charge in [-0.15, -0.1) is 0 Å². The van der Waals surface area contributed by atoms with Crippen LogP contribution in [0.15, 0.2) is 85.1 Å². The van der Waals surface area contributed by atoms with Gasteiger partial charge in [-0.2, -0.15) is 0 Å². The number of aromatic nitrogens is 2. The number of hydrogen-bond donors (Lipinski definition) is 5. The molecular weight excluding hydrogens is 528 g/mol. The molecule has 0 saturated carbocycles. The smallest absolute Gasteiger partial charge is 0.319 e. The average Bonchev–Trinajstić information content (AvgIpc) is 3.02. The Morgan fingerprint density at radius 3 is 2.36 bits per heavy atom. The number of nitrogen functional groups attached to an aromatic ring is 1. The summed E-state index contributed by atoms with van der Waals surface area (Å²) >= 11 is 0. The number of anilines is 4. The van der Waals surface area contributed by atoms with Gasteiger partial charge in [-0.3, -0.25) is 4.79 Å². The van der Waals surface area contributed by atoms with E-state index in [0.717, 1.165) is 36.4 Å². The summed E-state index contributed by atoms with van der Waals surface area (Å²) in [6, 6.07) is 23.9. The summed E-state index contributed by atoms with van der Waals surface area (Å²) in [4.78, 5) is 36.8. The number of amides is 3. The van der Waals surface area contributed by atoms with Crippen LogP contribution in [0.2, 0.25) is 0 Å². The van der Waals surface area contributed by atoms with Gasteiger partial charge in [0.05, 0.1) is 11.3 Å². The Hall–Kier alpha value is -4.96. The number of piperidine rings is 1. The van der Waals surface area contributed by atoms with Crippen LogP contribution in [0, 0.1) is 0 Å². The lowest BCUT2D eigenvalue weighted by Gasteiger charge is -2.26. The number of carbonyl (C=O) groups excluding carboxylic acids is 2. The zero-order valence-electron chi connectivity index (χ0n) is 23.5. The molecule has 1 aliphatic heterocycles. The van der Waals surface area contributed by atoms with Crippen molar-refractivity contribution in [1.82, 2.24) is 25.5 Å². The van der Waals surface area contributed by atoms with Gasteiger partial charge in [0, 0.05) is 42.8 Å². The van der Waals surface area contributed by atoms with Gasteiger partial charge in [0.1, 0.15) is 11.6 Å². The second-order valence-electron chi connectivity index (χ2n) is 10.2. The molecule has 0 aliphatic carbocycles. The molecule has 0 radical (unpaired) electrons. The van der Waals surface area contributed by atoms with E-state index in [0.29, 0.717) is 41.7 Å². The molecule has 1 aliphatic rings. The quantitative estimate of drug-likeness (QED) is 0.183. The van der Waals surface area contributed by atoms with E-state index in [-0.39, 0.29) is 11.9 Å². The largest absolute Gasteiger partial charge is 0.384 e. The first kappa shape index (κ1) is 28.6. The molecule has 3 amide bonds. The summed E-state index contributed by atoms with van der Waals surface area (Å²) in [5.74, 6) is 0.750. The van der Waals surface area contributed by atoms with E-state index in [4.69, 9.17) is 10.7 Å². The Kier molecular flexibility index (Phi) is 9.58. The van der Waals surface area contributed by atoms with E-state index < -0.39 is 0 Å². The molecule has 0 bridgehead atoms. The number of nitrogens with zero attached hydrogens (tertiary/aromatic N) is 3. The fourth-order valence-corrected chi connectivity index (χ4v) is 4.78. The minimum absolute atomic E-state index is 0.162. The second-order valence-corrected chi connectivity index (χ2v) is 10.2. The molecule has 6 N–H and O–H groups in total. The lowest BCUT2D eigenvalue weighted by atomic mass is 10.1. The van der Waals surface area contributed by atoms with Gasteiger partial charge in [-0.25, -0.2) is 14.8 Å². The minimum atomic E-state index is -0.331. The van der Waals surface area contributed by atoms with Crippen molar-refractivity contribution in [2.75, 3.05) is 42.5 Å². The number of hydrogen-bond acceptors (Lipinski definition) is 7. The second kappa shape index (κ2) is 14.1. The van der Waals surface area contributed by atoms with Crippen molar-refractivity contribution in [3.8, 4) is 11.3 Å². The van der Waals surface area contributed by atoms with E-state index in [2.05, 4.69) is 31.2 Å². The van der Waals surface area contributed by atoms with Crippen molar-refractivity contribution in [2.24, 2.45) is 0 Å². The van der Waals surface area contributed by atoms with Crippen LogP contribution in [0.25, 0.3) is 11.3 Å². The van der Waals surface area contributed by atoms with Crippen LogP contribution in [-0.2, 0) is 6.54 Å². The topological polar surface area (TPSA) is 137 Å². The summed E-state index contributed by atoms with van der Waals surface area (Å²) in [5.41, 5.74) is 9.96. The van der Waals surface area contributed by atoms with Gasteiger partial charge in [0.2, 0.25) is 0 Å². The third kappa shape index (κ3) is 8.05. The number of urea groups is 1. The van der Waals surface area contributed by atoms with Crippen LogP contribution < -0.4 is 27.0 Å². The maximum absolute atomic E-state index is 13.2. The average molecular weight is 565 g/mol. The number of nitrogens with two attached hydrogens (primary N) is 1. The van der Waals surface area contributed by atoms with E-state index >= 15 is 0 Å². The lowest BCUT2D eigenvalue weighted by Crippen LogP contribution is -2.37. The highest BCUT2D eigenvalue weighted by molar-refractivity contribution is 6.00. The Balaban J connectivity index is 1.24. The molecule has 2 aromatic heterocycles. The molecular formula is C32H36N8O2. The summed E-state index contributed by atoms with van der Waals surface area (Å²) in [6.45, 7) is 3.94. The Morgan fingerprint density at radius 1 is 0.833 bits per heavy atom. The molecule has 0 spiro atoms. The minimum Gasteiger partial charge on any atom is -0.384 e. The molecule has 10 nitrogen and oxygen atoms in total. The van der Waals surface area contributed by atoms with Crippen molar-refractivity contribution in [2.45, 2.75) is 25.8 Å². The third-order valence-electron chi connectivity index (χ3n) is 7.08. The lowest BCUT2D eigenvalue weighted by molar-refractivity contribution is 0.0947. The maximum Gasteiger partial charge on any atom is 0.319 e. The van der Waals surface area contributed by atoms with Gasteiger partial charge in [-0.05, 0) is 74.0 Å². The van der Waals surface area contributed by atoms with Gasteiger partial charge in [0.25, 0.3) is 5.91 Å². The number of benzene rings is 2. The van der Waals surface area contributed by atoms with Crippen LogP contribution in [0.4, 0.5) is 27.8 Å². The number of rotatable bonds is 10. The molecule has 3 heterocycles. The van der Waals surface area contributed by atoms with Crippen LogP contribution in [-0.4, -0.2) is 53.0 Å². The fourth-order valence-electron chi connectivity index (χ4n) is 4.78. The van der Waals surface area contributed by atoms with Gasteiger partial charge >= 0.3 is 6.03 Å². The van der Waals surface area contributed by atoms with Crippen molar-refractivity contribution in [3.05, 3.63) is 96.2 Å². The van der Waals surface area contributed by atoms with E-state index in [1.165, 1.54) is 19.3 Å². The molecule has 10 heteroatoms. The van der Waals surface area contributed by atoms with Crippen molar-refractivity contribution >= 4 is 34.9 Å². The molecule has 4 aromatic rings. The molecule has 1 fully saturated rings. The van der Waals surface area contributed by atoms with E-state index in [1.807, 2.05) is 66.7 Å². The first-order chi connectivity index (χ1) is 20.5. The predicted molar refractivity (Wildman–Crippen MR) is 167 cm³/mol. The number of carbonyl (C=O) groups is 2. The van der Waals surface area contributed by atoms with Crippen LogP contribution in [0.5, 0.6) is 0 Å². The molecule has 42 heavy (non-hydrogen) atoms. The molecule has 216 valence electrons. The highest BCUT2D eigenvalue weighted by Crippen LogP contribution is 2.26. The number of nitrogens with one attached hydrogen (secondary N) is 4. The fraction of sp³-hybridized carbons (Fsp3) is 0.250. The normalized spacial score (nSPS) is 13.2. The maximum atomic E-state index is 13.2. The van der Waals surface area contributed by atoms with Crippen molar-refractivity contribution in [1.29, 1.82) is 0 Å². The molecule has 2 aromatic carbocycles. The standard InChI is InChI=1S/C32H36N8O2/c33-29-16-9-23(21-35-29)22-36-32(42)38-26-12-10-24(11-13-26)28-15-14-27(30(39-28)37-25-7-3-1-4-8-25)31(41)34-17-20-40-18-5-2-6-19-40/h1,3-4,7-16,21H,2,5-6,17-20,22H2,(H2,33,35)(H,34,41)(H,37,39)(H2,36,38,42). The van der Waals surface area contributed by atoms with Crippen molar-refractivity contribution < 1.29 is 9.59 Å². The first-order valence-corrected chi connectivity index (χ1v) is 14.2. The van der Waals surface area contributed by atoms with E-state index in [9.17, 15) is 9.59 Å². The highest BCUT2D eigenvalue weighted by Gasteiger charge is 2.16. The molecule has 1 saturated heterocycles. The monoisotopic (exact) mass is 564 g/mol. The van der Waals surface area contributed by atoms with E-state index in [1.54, 1.807) is 18.3 Å². The van der Waals surface area contributed by atoms with Crippen LogP contribution in [0.3, 0.4) is 0 Å². The Morgan fingerprint density at radius 2 is 1.62 bits per heavy atom. The predicted octanol–water partition coefficient (Wildman–Crippen LogP) is 5.01. The Bertz CT molecular complexity index is 1470. The zero-order valence-corrected chi connectivity index (χ0v) is 23.5.